The summed E-state index contributed by atoms with van der Waals surface area (Å²) in [7, 11) is 0. The van der Waals surface area contributed by atoms with E-state index in [1.165, 1.54) is 6.07 Å². The Morgan fingerprint density at radius 1 is 1.53 bits per heavy atom. The summed E-state index contributed by atoms with van der Waals surface area (Å²) in [5, 5.41) is -0.135. The Kier molecular flexibility index (Phi) is 2.12. The zero-order valence-corrected chi connectivity index (χ0v) is 8.21. The van der Waals surface area contributed by atoms with Crippen molar-refractivity contribution in [2.45, 2.75) is 6.42 Å². The van der Waals surface area contributed by atoms with Crippen LogP contribution in [-0.4, -0.2) is 11.9 Å². The van der Waals surface area contributed by atoms with Gasteiger partial charge in [-0.25, -0.2) is 14.1 Å². The number of urea groups is 1. The molecule has 4 nitrogen and oxygen atoms in total. The second-order valence-electron chi connectivity index (χ2n) is 3.10. The normalized spacial score (nSPS) is 14.3. The molecule has 2 N–H and O–H groups in total. The number of imide groups is 1. The van der Waals surface area contributed by atoms with Gasteiger partial charge in [-0.3, -0.25) is 4.79 Å². The number of primary amides is 1. The smallest absolute Gasteiger partial charge is 0.326 e. The fourth-order valence-corrected chi connectivity index (χ4v) is 1.79. The van der Waals surface area contributed by atoms with E-state index in [1.807, 2.05) is 0 Å². The molecule has 0 unspecified atom stereocenters. The average Bonchev–Trinajstić information content (AvgIpc) is 2.49. The molecule has 6 heteroatoms. The number of hydrogen-bond donors (Lipinski definition) is 1. The summed E-state index contributed by atoms with van der Waals surface area (Å²) in [6.07, 6.45) is -0.102. The highest BCUT2D eigenvalue weighted by Gasteiger charge is 2.33. The second-order valence-corrected chi connectivity index (χ2v) is 3.48. The van der Waals surface area contributed by atoms with Crippen molar-refractivity contribution in [1.82, 2.24) is 0 Å². The maximum absolute atomic E-state index is 13.1. The first-order valence-electron chi connectivity index (χ1n) is 4.11. The largest absolute Gasteiger partial charge is 0.351 e. The van der Waals surface area contributed by atoms with Crippen molar-refractivity contribution < 1.29 is 14.0 Å². The van der Waals surface area contributed by atoms with Crippen molar-refractivity contribution >= 4 is 29.2 Å². The summed E-state index contributed by atoms with van der Waals surface area (Å²) in [4.78, 5) is 23.1. The minimum Gasteiger partial charge on any atom is -0.351 e. The molecule has 1 aromatic rings. The number of anilines is 1. The predicted molar refractivity (Wildman–Crippen MR) is 52.2 cm³/mol. The van der Waals surface area contributed by atoms with E-state index < -0.39 is 17.8 Å². The van der Waals surface area contributed by atoms with Crippen LogP contribution in [0.1, 0.15) is 5.56 Å². The van der Waals surface area contributed by atoms with Gasteiger partial charge in [-0.05, 0) is 12.1 Å². The standard InChI is InChI=1S/C9H6ClFN2O2/c10-8-4-3-7(14)13(9(12)15)6(4)2-1-5(8)11/h1-2H,3H2,(H2,12,15). The highest BCUT2D eigenvalue weighted by atomic mass is 35.5. The van der Waals surface area contributed by atoms with Crippen molar-refractivity contribution in [3.05, 3.63) is 28.5 Å². The minimum absolute atomic E-state index is 0.102. The Labute approximate surface area is 89.4 Å². The quantitative estimate of drug-likeness (QED) is 0.730. The molecule has 78 valence electrons. The van der Waals surface area contributed by atoms with Crippen molar-refractivity contribution in [1.29, 1.82) is 0 Å². The molecule has 3 amide bonds. The summed E-state index contributed by atoms with van der Waals surface area (Å²) in [6.45, 7) is 0. The number of fused-ring (bicyclic) bond motifs is 1. The molecule has 0 radical (unpaired) electrons. The lowest BCUT2D eigenvalue weighted by atomic mass is 10.1. The number of benzene rings is 1. The molecule has 0 atom stereocenters. The highest BCUT2D eigenvalue weighted by Crippen LogP contribution is 2.35. The Bertz CT molecular complexity index is 475. The Morgan fingerprint density at radius 3 is 2.80 bits per heavy atom. The number of halogens is 2. The van der Waals surface area contributed by atoms with E-state index in [0.717, 1.165) is 11.0 Å². The summed E-state index contributed by atoms with van der Waals surface area (Å²) >= 11 is 5.67. The minimum atomic E-state index is -0.888. The monoisotopic (exact) mass is 228 g/mol. The third kappa shape index (κ3) is 1.35. The number of rotatable bonds is 0. The maximum atomic E-state index is 13.1. The molecule has 0 saturated heterocycles. The molecule has 1 heterocycles. The first-order chi connectivity index (χ1) is 7.02. The van der Waals surface area contributed by atoms with Gasteiger partial charge < -0.3 is 5.73 Å². The first kappa shape index (κ1) is 9.92. The number of carbonyl (C=O) groups excluding carboxylic acids is 2. The summed E-state index contributed by atoms with van der Waals surface area (Å²) in [5.41, 5.74) is 5.59. The topological polar surface area (TPSA) is 63.4 Å². The number of amides is 3. The number of hydrogen-bond acceptors (Lipinski definition) is 2. The van der Waals surface area contributed by atoms with Crippen molar-refractivity contribution in [2.24, 2.45) is 5.73 Å². The van der Waals surface area contributed by atoms with Crippen molar-refractivity contribution in [3.8, 4) is 0 Å². The van der Waals surface area contributed by atoms with Crippen molar-refractivity contribution in [3.63, 3.8) is 0 Å². The van der Waals surface area contributed by atoms with E-state index in [4.69, 9.17) is 17.3 Å². The van der Waals surface area contributed by atoms with Crippen LogP contribution >= 0.6 is 11.6 Å². The number of carbonyl (C=O) groups is 2. The van der Waals surface area contributed by atoms with Gasteiger partial charge in [0.05, 0.1) is 17.1 Å². The van der Waals surface area contributed by atoms with E-state index in [1.54, 1.807) is 0 Å². The zero-order chi connectivity index (χ0) is 11.2. The molecule has 0 fully saturated rings. The van der Waals surface area contributed by atoms with Gasteiger partial charge >= 0.3 is 6.03 Å². The van der Waals surface area contributed by atoms with Crippen LogP contribution in [-0.2, 0) is 11.2 Å². The van der Waals surface area contributed by atoms with E-state index in [9.17, 15) is 14.0 Å². The third-order valence-electron chi connectivity index (χ3n) is 2.21. The molecule has 15 heavy (non-hydrogen) atoms. The fourth-order valence-electron chi connectivity index (χ4n) is 1.57. The van der Waals surface area contributed by atoms with Gasteiger partial charge in [0.25, 0.3) is 0 Å². The van der Waals surface area contributed by atoms with Crippen LogP contribution in [0.15, 0.2) is 12.1 Å². The average molecular weight is 229 g/mol. The summed E-state index contributed by atoms with van der Waals surface area (Å²) in [6, 6.07) is 1.52. The van der Waals surface area contributed by atoms with E-state index in [-0.39, 0.29) is 17.1 Å². The van der Waals surface area contributed by atoms with Gasteiger partial charge in [-0.2, -0.15) is 0 Å². The van der Waals surface area contributed by atoms with Gasteiger partial charge in [0, 0.05) is 5.56 Å². The van der Waals surface area contributed by atoms with Crippen LogP contribution in [0.3, 0.4) is 0 Å². The van der Waals surface area contributed by atoms with Gasteiger partial charge in [0.15, 0.2) is 0 Å². The van der Waals surface area contributed by atoms with E-state index in [2.05, 4.69) is 0 Å². The molecule has 0 aromatic heterocycles. The summed E-state index contributed by atoms with van der Waals surface area (Å²) < 4.78 is 13.1. The fraction of sp³-hybridized carbons (Fsp3) is 0.111. The zero-order valence-electron chi connectivity index (χ0n) is 7.46. The number of nitrogens with zero attached hydrogens (tertiary/aromatic N) is 1. The molecule has 1 aliphatic heterocycles. The molecule has 1 aliphatic rings. The molecular formula is C9H6ClFN2O2. The number of nitrogens with two attached hydrogens (primary N) is 1. The van der Waals surface area contributed by atoms with E-state index >= 15 is 0 Å². The Balaban J connectivity index is 2.62. The Hall–Kier alpha value is -1.62. The molecule has 0 saturated carbocycles. The molecule has 0 aliphatic carbocycles. The van der Waals surface area contributed by atoms with Crippen LogP contribution in [0, 0.1) is 5.82 Å². The molecule has 1 aromatic carbocycles. The lowest BCUT2D eigenvalue weighted by molar-refractivity contribution is -0.116. The van der Waals surface area contributed by atoms with Crippen LogP contribution in [0.4, 0.5) is 14.9 Å². The van der Waals surface area contributed by atoms with Gasteiger partial charge in [-0.15, -0.1) is 0 Å². The van der Waals surface area contributed by atoms with Crippen molar-refractivity contribution in [2.75, 3.05) is 4.90 Å². The first-order valence-corrected chi connectivity index (χ1v) is 4.49. The highest BCUT2D eigenvalue weighted by molar-refractivity contribution is 6.33. The van der Waals surface area contributed by atoms with E-state index in [0.29, 0.717) is 5.56 Å². The lowest BCUT2D eigenvalue weighted by Crippen LogP contribution is -2.38. The molecule has 2 rings (SSSR count). The van der Waals surface area contributed by atoms with Crippen LogP contribution < -0.4 is 10.6 Å². The SMILES string of the molecule is NC(=O)N1C(=O)Cc2c1ccc(F)c2Cl. The lowest BCUT2D eigenvalue weighted by Gasteiger charge is -2.11. The third-order valence-corrected chi connectivity index (χ3v) is 2.62. The molecular weight excluding hydrogens is 223 g/mol. The maximum Gasteiger partial charge on any atom is 0.326 e. The molecule has 0 spiro atoms. The summed E-state index contributed by atoms with van der Waals surface area (Å²) in [5.74, 6) is -1.11. The second kappa shape index (κ2) is 3.20. The van der Waals surface area contributed by atoms with Crippen LogP contribution in [0.25, 0.3) is 0 Å². The predicted octanol–water partition coefficient (Wildman–Crippen LogP) is 1.45. The molecule has 0 bridgehead atoms. The van der Waals surface area contributed by atoms with Crippen LogP contribution in [0.5, 0.6) is 0 Å². The Morgan fingerprint density at radius 2 is 2.20 bits per heavy atom. The van der Waals surface area contributed by atoms with Gasteiger partial charge in [-0.1, -0.05) is 11.6 Å². The van der Waals surface area contributed by atoms with Gasteiger partial charge in [0.1, 0.15) is 5.82 Å². The van der Waals surface area contributed by atoms with Gasteiger partial charge in [0.2, 0.25) is 5.91 Å². The van der Waals surface area contributed by atoms with Crippen LogP contribution in [0.2, 0.25) is 5.02 Å².